The number of hydrogen-bond donors (Lipinski definition) is 3. The van der Waals surface area contributed by atoms with Crippen molar-refractivity contribution in [2.75, 3.05) is 32.1 Å². The number of pyridine rings is 1. The van der Waals surface area contributed by atoms with Gasteiger partial charge >= 0.3 is 0 Å². The first-order valence-electron chi connectivity index (χ1n) is 11.3. The Labute approximate surface area is 199 Å². The van der Waals surface area contributed by atoms with Crippen LogP contribution in [0.15, 0.2) is 18.3 Å². The van der Waals surface area contributed by atoms with Gasteiger partial charge in [-0.1, -0.05) is 11.6 Å². The van der Waals surface area contributed by atoms with E-state index in [1.54, 1.807) is 13.2 Å². The molecular weight excluding hydrogens is 440 g/mol. The number of H-pyrrole nitrogens is 1. The Bertz CT molecular complexity index is 1150. The molecule has 2 aromatic heterocycles. The van der Waals surface area contributed by atoms with Crippen molar-refractivity contribution >= 4 is 34.4 Å². The van der Waals surface area contributed by atoms with Gasteiger partial charge in [-0.3, -0.25) is 9.69 Å². The number of ether oxygens (including phenoxy) is 1. The number of amides is 1. The molecule has 3 aromatic rings. The van der Waals surface area contributed by atoms with Gasteiger partial charge in [-0.15, -0.1) is 0 Å². The molecule has 1 aromatic carbocycles. The lowest BCUT2D eigenvalue weighted by Gasteiger charge is -2.21. The number of likely N-dealkylation sites (tertiary alicyclic amines) is 1. The average Bonchev–Trinajstić information content (AvgIpc) is 3.42. The molecule has 0 aliphatic carbocycles. The molecule has 1 unspecified atom stereocenters. The summed E-state index contributed by atoms with van der Waals surface area (Å²) < 4.78 is 5.72. The molecule has 1 saturated heterocycles. The van der Waals surface area contributed by atoms with Crippen molar-refractivity contribution in [1.82, 2.24) is 25.2 Å². The van der Waals surface area contributed by atoms with Crippen LogP contribution in [0.4, 0.5) is 5.69 Å². The number of aromatic nitrogens is 3. The van der Waals surface area contributed by atoms with Crippen molar-refractivity contribution < 1.29 is 9.53 Å². The predicted molar refractivity (Wildman–Crippen MR) is 132 cm³/mol. The molecule has 0 bridgehead atoms. The van der Waals surface area contributed by atoms with E-state index in [0.29, 0.717) is 34.3 Å². The number of rotatable bonds is 7. The van der Waals surface area contributed by atoms with Crippen molar-refractivity contribution in [2.45, 2.75) is 46.2 Å². The fourth-order valence-electron chi connectivity index (χ4n) is 4.31. The van der Waals surface area contributed by atoms with Crippen molar-refractivity contribution in [1.29, 1.82) is 0 Å². The molecule has 3 heterocycles. The second-order valence-corrected chi connectivity index (χ2v) is 9.29. The van der Waals surface area contributed by atoms with Crippen LogP contribution in [-0.4, -0.2) is 64.6 Å². The minimum absolute atomic E-state index is 0.0188. The van der Waals surface area contributed by atoms with Gasteiger partial charge in [0.2, 0.25) is 0 Å². The van der Waals surface area contributed by atoms with E-state index in [9.17, 15) is 4.79 Å². The lowest BCUT2D eigenvalue weighted by Crippen LogP contribution is -2.31. The number of benzene rings is 1. The Morgan fingerprint density at radius 1 is 1.33 bits per heavy atom. The molecule has 8 nitrogen and oxygen atoms in total. The van der Waals surface area contributed by atoms with Gasteiger partial charge in [0, 0.05) is 37.8 Å². The maximum atomic E-state index is 11.6. The summed E-state index contributed by atoms with van der Waals surface area (Å²) in [6, 6.07) is 4.83. The van der Waals surface area contributed by atoms with Gasteiger partial charge in [0.1, 0.15) is 17.1 Å². The largest absolute Gasteiger partial charge is 0.483 e. The molecule has 0 radical (unpaired) electrons. The number of aryl methyl sites for hydroxylation is 2. The number of nitrogens with zero attached hydrogens (tertiary/aromatic N) is 3. The molecule has 0 spiro atoms. The smallest absolute Gasteiger partial charge is 0.257 e. The normalized spacial score (nSPS) is 16.5. The van der Waals surface area contributed by atoms with E-state index in [1.807, 2.05) is 26.0 Å². The molecular formula is C24H31ClN6O2. The van der Waals surface area contributed by atoms with Crippen LogP contribution in [0.2, 0.25) is 5.02 Å². The molecule has 9 heteroatoms. The van der Waals surface area contributed by atoms with E-state index in [1.165, 1.54) is 0 Å². The van der Waals surface area contributed by atoms with Crippen LogP contribution < -0.4 is 15.4 Å². The second kappa shape index (κ2) is 9.57. The molecule has 1 fully saturated rings. The topological polar surface area (TPSA) is 95.2 Å². The SMILES string of the molecule is CNC(=O)COc1c(C)cc(-c2nc3c(NC4CCN(C(C)C)C4)c(Cl)cnc3[nH]2)cc1C. The van der Waals surface area contributed by atoms with Gasteiger partial charge in [0.25, 0.3) is 5.91 Å². The quantitative estimate of drug-likeness (QED) is 0.484. The molecule has 1 amide bonds. The number of carbonyl (C=O) groups is 1. The summed E-state index contributed by atoms with van der Waals surface area (Å²) in [5.74, 6) is 1.25. The summed E-state index contributed by atoms with van der Waals surface area (Å²) in [6.07, 6.45) is 2.72. The van der Waals surface area contributed by atoms with Crippen molar-refractivity contribution in [3.05, 3.63) is 34.5 Å². The predicted octanol–water partition coefficient (Wildman–Crippen LogP) is 3.91. The summed E-state index contributed by atoms with van der Waals surface area (Å²) in [7, 11) is 1.59. The van der Waals surface area contributed by atoms with Crippen molar-refractivity contribution in [2.24, 2.45) is 0 Å². The van der Waals surface area contributed by atoms with Gasteiger partial charge in [-0.25, -0.2) is 9.97 Å². The number of aromatic amines is 1. The van der Waals surface area contributed by atoms with Gasteiger partial charge in [-0.05, 0) is 57.4 Å². The summed E-state index contributed by atoms with van der Waals surface area (Å²) in [4.78, 5) is 26.7. The number of imidazole rings is 1. The number of anilines is 1. The monoisotopic (exact) mass is 470 g/mol. The van der Waals surface area contributed by atoms with E-state index in [4.69, 9.17) is 21.3 Å². The average molecular weight is 471 g/mol. The minimum Gasteiger partial charge on any atom is -0.483 e. The summed E-state index contributed by atoms with van der Waals surface area (Å²) in [5.41, 5.74) is 5.02. The van der Waals surface area contributed by atoms with E-state index < -0.39 is 0 Å². The second-order valence-electron chi connectivity index (χ2n) is 8.88. The Balaban J connectivity index is 1.62. The zero-order valence-electron chi connectivity index (χ0n) is 19.8. The molecule has 3 N–H and O–H groups in total. The standard InChI is InChI=1S/C24H31ClN6O2/c1-13(2)31-7-6-17(11-31)28-20-18(25)10-27-24-21(20)29-23(30-24)16-8-14(3)22(15(4)9-16)33-12-19(32)26-5/h8-10,13,17H,6-7,11-12H2,1-5H3,(H,26,32)(H2,27,28,29,30). The first kappa shape index (κ1) is 23.3. The molecule has 0 saturated carbocycles. The van der Waals surface area contributed by atoms with Crippen LogP contribution >= 0.6 is 11.6 Å². The highest BCUT2D eigenvalue weighted by molar-refractivity contribution is 6.34. The number of likely N-dealkylation sites (N-methyl/N-ethyl adjacent to an activating group) is 1. The number of hydrogen-bond acceptors (Lipinski definition) is 6. The molecule has 1 aliphatic heterocycles. The van der Waals surface area contributed by atoms with E-state index in [0.717, 1.165) is 47.4 Å². The summed E-state index contributed by atoms with van der Waals surface area (Å²) in [6.45, 7) is 10.4. The molecule has 1 aliphatic rings. The minimum atomic E-state index is -0.170. The summed E-state index contributed by atoms with van der Waals surface area (Å²) in [5, 5.41) is 6.74. The van der Waals surface area contributed by atoms with Crippen molar-refractivity contribution in [3.8, 4) is 17.1 Å². The lowest BCUT2D eigenvalue weighted by molar-refractivity contribution is -0.122. The Morgan fingerprint density at radius 2 is 2.06 bits per heavy atom. The van der Waals surface area contributed by atoms with E-state index in [2.05, 4.69) is 39.3 Å². The van der Waals surface area contributed by atoms with E-state index >= 15 is 0 Å². The highest BCUT2D eigenvalue weighted by Crippen LogP contribution is 2.34. The highest BCUT2D eigenvalue weighted by Gasteiger charge is 2.26. The van der Waals surface area contributed by atoms with Crippen LogP contribution in [0, 0.1) is 13.8 Å². The van der Waals surface area contributed by atoms with Gasteiger partial charge < -0.3 is 20.4 Å². The molecule has 33 heavy (non-hydrogen) atoms. The number of nitrogens with one attached hydrogen (secondary N) is 3. The van der Waals surface area contributed by atoms with Gasteiger partial charge in [-0.2, -0.15) is 0 Å². The fourth-order valence-corrected chi connectivity index (χ4v) is 4.50. The van der Waals surface area contributed by atoms with Crippen molar-refractivity contribution in [3.63, 3.8) is 0 Å². The Kier molecular flexibility index (Phi) is 6.76. The lowest BCUT2D eigenvalue weighted by atomic mass is 10.1. The first-order valence-corrected chi connectivity index (χ1v) is 11.6. The maximum Gasteiger partial charge on any atom is 0.257 e. The third-order valence-corrected chi connectivity index (χ3v) is 6.41. The van der Waals surface area contributed by atoms with E-state index in [-0.39, 0.29) is 12.5 Å². The van der Waals surface area contributed by atoms with Crippen LogP contribution in [0.1, 0.15) is 31.4 Å². The van der Waals surface area contributed by atoms with Crippen LogP contribution in [-0.2, 0) is 4.79 Å². The third-order valence-electron chi connectivity index (χ3n) is 6.13. The number of carbonyl (C=O) groups excluding carboxylic acids is 1. The third kappa shape index (κ3) is 4.91. The molecule has 4 rings (SSSR count). The highest BCUT2D eigenvalue weighted by atomic mass is 35.5. The fraction of sp³-hybridized carbons (Fsp3) is 0.458. The Hall–Kier alpha value is -2.84. The van der Waals surface area contributed by atoms with Crippen LogP contribution in [0.5, 0.6) is 5.75 Å². The molecule has 1 atom stereocenters. The van der Waals surface area contributed by atoms with Gasteiger partial charge in [0.15, 0.2) is 12.3 Å². The number of halogens is 1. The Morgan fingerprint density at radius 3 is 2.70 bits per heavy atom. The molecule has 176 valence electrons. The zero-order valence-corrected chi connectivity index (χ0v) is 20.5. The van der Waals surface area contributed by atoms with Crippen LogP contribution in [0.25, 0.3) is 22.6 Å². The van der Waals surface area contributed by atoms with Gasteiger partial charge in [0.05, 0.1) is 16.9 Å². The summed E-state index contributed by atoms with van der Waals surface area (Å²) >= 11 is 6.54. The first-order chi connectivity index (χ1) is 15.8. The zero-order chi connectivity index (χ0) is 23.7. The maximum absolute atomic E-state index is 11.6. The van der Waals surface area contributed by atoms with Crippen LogP contribution in [0.3, 0.4) is 0 Å². The number of fused-ring (bicyclic) bond motifs is 1.